The van der Waals surface area contributed by atoms with Crippen LogP contribution < -0.4 is 11.1 Å². The molecule has 3 heterocycles. The van der Waals surface area contributed by atoms with E-state index >= 15 is 4.39 Å². The van der Waals surface area contributed by atoms with Gasteiger partial charge in [0.25, 0.3) is 0 Å². The second kappa shape index (κ2) is 8.63. The average Bonchev–Trinajstić information content (AvgIpc) is 3.33. The first-order valence-electron chi connectivity index (χ1n) is 10.7. The number of ketones is 1. The first kappa shape index (κ1) is 21.1. The molecule has 1 saturated heterocycles. The average molecular weight is 445 g/mol. The summed E-state index contributed by atoms with van der Waals surface area (Å²) in [5, 5.41) is 3.83. The molecule has 2 aromatic heterocycles. The van der Waals surface area contributed by atoms with Crippen LogP contribution in [0.3, 0.4) is 0 Å². The van der Waals surface area contributed by atoms with Gasteiger partial charge in [0.15, 0.2) is 5.78 Å². The Morgan fingerprint density at radius 1 is 1.09 bits per heavy atom. The molecule has 166 valence electrons. The number of hydrogen-bond donors (Lipinski definition) is 2. The largest absolute Gasteiger partial charge is 0.383 e. The molecule has 8 heteroatoms. The number of nitrogens with two attached hydrogens (primary N) is 1. The zero-order valence-corrected chi connectivity index (χ0v) is 17.7. The van der Waals surface area contributed by atoms with E-state index in [1.54, 1.807) is 12.3 Å². The molecule has 6 nitrogen and oxygen atoms in total. The van der Waals surface area contributed by atoms with Gasteiger partial charge < -0.3 is 11.1 Å². The first-order chi connectivity index (χ1) is 16.0. The normalized spacial score (nSPS) is 15.8. The number of aromatic nitrogens is 3. The number of nitrogen functional groups attached to an aromatic ring is 1. The summed E-state index contributed by atoms with van der Waals surface area (Å²) >= 11 is 0. The van der Waals surface area contributed by atoms with Crippen LogP contribution in [0.25, 0.3) is 22.2 Å². The number of benzene rings is 2. The third-order valence-corrected chi connectivity index (χ3v) is 6.04. The smallest absolute Gasteiger partial charge is 0.196 e. The Kier molecular flexibility index (Phi) is 5.51. The van der Waals surface area contributed by atoms with Gasteiger partial charge in [-0.15, -0.1) is 0 Å². The molecule has 1 unspecified atom stereocenters. The number of fused-ring (bicyclic) bond motifs is 1. The molecule has 0 spiro atoms. The second-order valence-corrected chi connectivity index (χ2v) is 8.18. The molecule has 0 radical (unpaired) electrons. The highest BCUT2D eigenvalue weighted by Gasteiger charge is 2.22. The lowest BCUT2D eigenvalue weighted by Crippen LogP contribution is -2.12. The van der Waals surface area contributed by atoms with Crippen LogP contribution in [0.2, 0.25) is 0 Å². The van der Waals surface area contributed by atoms with E-state index in [9.17, 15) is 9.18 Å². The van der Waals surface area contributed by atoms with Crippen LogP contribution in [-0.4, -0.2) is 33.8 Å². The molecule has 3 N–H and O–H groups in total. The Labute approximate surface area is 188 Å². The van der Waals surface area contributed by atoms with Crippen molar-refractivity contribution in [2.45, 2.75) is 12.8 Å². The van der Waals surface area contributed by atoms with E-state index in [4.69, 9.17) is 5.73 Å². The van der Waals surface area contributed by atoms with E-state index in [-0.39, 0.29) is 22.5 Å². The van der Waals surface area contributed by atoms with Crippen molar-refractivity contribution < 1.29 is 13.6 Å². The van der Waals surface area contributed by atoms with Gasteiger partial charge in [0.2, 0.25) is 0 Å². The SMILES string of the molecule is Nc1ncnc2c(CC3CCNC3)cnc(-c3ccc(C(=O)c4ccccc4F)cc3F)c12. The van der Waals surface area contributed by atoms with Crippen LogP contribution in [0, 0.1) is 17.6 Å². The number of nitrogens with zero attached hydrogens (tertiary/aromatic N) is 3. The van der Waals surface area contributed by atoms with Crippen LogP contribution in [0.5, 0.6) is 0 Å². The van der Waals surface area contributed by atoms with Gasteiger partial charge in [-0.3, -0.25) is 9.78 Å². The zero-order chi connectivity index (χ0) is 22.9. The fourth-order valence-electron chi connectivity index (χ4n) is 4.35. The van der Waals surface area contributed by atoms with E-state index in [1.165, 1.54) is 36.7 Å². The number of halogens is 2. The minimum Gasteiger partial charge on any atom is -0.383 e. The Balaban J connectivity index is 1.57. The summed E-state index contributed by atoms with van der Waals surface area (Å²) in [6.45, 7) is 1.91. The van der Waals surface area contributed by atoms with Gasteiger partial charge in [0.1, 0.15) is 23.8 Å². The summed E-state index contributed by atoms with van der Waals surface area (Å²) in [4.78, 5) is 25.7. The molecular weight excluding hydrogens is 424 g/mol. The highest BCUT2D eigenvalue weighted by Crippen LogP contribution is 2.34. The van der Waals surface area contributed by atoms with Crippen LogP contribution in [-0.2, 0) is 6.42 Å². The number of nitrogens with one attached hydrogen (secondary N) is 1. The molecule has 0 bridgehead atoms. The van der Waals surface area contributed by atoms with Gasteiger partial charge >= 0.3 is 0 Å². The lowest BCUT2D eigenvalue weighted by molar-refractivity contribution is 0.103. The van der Waals surface area contributed by atoms with Gasteiger partial charge in [-0.25, -0.2) is 18.7 Å². The standard InChI is InChI=1S/C25H21F2N5O/c26-19-4-2-1-3-18(19)24(33)15-5-6-17(20(27)10-15)23-21-22(31-13-32-25(21)28)16(12-30-23)9-14-7-8-29-11-14/h1-6,10,12-14,29H,7-9,11H2,(H2,28,31,32). The van der Waals surface area contributed by atoms with Crippen LogP contribution in [0.4, 0.5) is 14.6 Å². The third-order valence-electron chi connectivity index (χ3n) is 6.04. The van der Waals surface area contributed by atoms with Crippen molar-refractivity contribution in [3.8, 4) is 11.3 Å². The molecule has 4 aromatic rings. The molecule has 0 saturated carbocycles. The zero-order valence-electron chi connectivity index (χ0n) is 17.7. The van der Waals surface area contributed by atoms with Crippen molar-refractivity contribution in [1.82, 2.24) is 20.3 Å². The van der Waals surface area contributed by atoms with Crippen molar-refractivity contribution >= 4 is 22.5 Å². The quantitative estimate of drug-likeness (QED) is 0.452. The maximum Gasteiger partial charge on any atom is 0.196 e. The van der Waals surface area contributed by atoms with Crippen molar-refractivity contribution in [3.05, 3.63) is 83.3 Å². The van der Waals surface area contributed by atoms with Crippen molar-refractivity contribution in [2.75, 3.05) is 18.8 Å². The van der Waals surface area contributed by atoms with E-state index < -0.39 is 17.4 Å². The van der Waals surface area contributed by atoms with Gasteiger partial charge in [-0.2, -0.15) is 0 Å². The summed E-state index contributed by atoms with van der Waals surface area (Å²) in [5.74, 6) is -1.24. The third kappa shape index (κ3) is 3.93. The maximum atomic E-state index is 15.2. The highest BCUT2D eigenvalue weighted by atomic mass is 19.1. The minimum atomic E-state index is -0.665. The number of hydrogen-bond acceptors (Lipinski definition) is 6. The van der Waals surface area contributed by atoms with Gasteiger partial charge in [0, 0.05) is 17.3 Å². The van der Waals surface area contributed by atoms with Gasteiger partial charge in [-0.1, -0.05) is 18.2 Å². The lowest BCUT2D eigenvalue weighted by atomic mass is 9.95. The molecule has 1 atom stereocenters. The van der Waals surface area contributed by atoms with E-state index in [0.717, 1.165) is 37.6 Å². The van der Waals surface area contributed by atoms with Gasteiger partial charge in [-0.05, 0) is 61.7 Å². The maximum absolute atomic E-state index is 15.2. The van der Waals surface area contributed by atoms with Crippen molar-refractivity contribution in [2.24, 2.45) is 5.92 Å². The van der Waals surface area contributed by atoms with Crippen molar-refractivity contribution in [3.63, 3.8) is 0 Å². The summed E-state index contributed by atoms with van der Waals surface area (Å²) < 4.78 is 29.2. The number of carbonyl (C=O) groups excluding carboxylic acids is 1. The summed E-state index contributed by atoms with van der Waals surface area (Å²) in [7, 11) is 0. The first-order valence-corrected chi connectivity index (χ1v) is 10.7. The Hall–Kier alpha value is -3.78. The van der Waals surface area contributed by atoms with Crippen LogP contribution in [0.1, 0.15) is 27.9 Å². The molecule has 0 amide bonds. The minimum absolute atomic E-state index is 0.0419. The van der Waals surface area contributed by atoms with E-state index in [1.807, 2.05) is 0 Å². The van der Waals surface area contributed by atoms with Gasteiger partial charge in [0.05, 0.1) is 22.2 Å². The van der Waals surface area contributed by atoms with E-state index in [0.29, 0.717) is 22.5 Å². The summed E-state index contributed by atoms with van der Waals surface area (Å²) in [6.07, 6.45) is 4.95. The Morgan fingerprint density at radius 2 is 1.94 bits per heavy atom. The fourth-order valence-corrected chi connectivity index (χ4v) is 4.35. The molecule has 0 aliphatic carbocycles. The Bertz CT molecular complexity index is 1370. The molecule has 2 aromatic carbocycles. The lowest BCUT2D eigenvalue weighted by Gasteiger charge is -2.14. The second-order valence-electron chi connectivity index (χ2n) is 8.18. The van der Waals surface area contributed by atoms with Crippen molar-refractivity contribution in [1.29, 1.82) is 0 Å². The number of rotatable bonds is 5. The molecule has 33 heavy (non-hydrogen) atoms. The van der Waals surface area contributed by atoms with E-state index in [2.05, 4.69) is 20.3 Å². The molecule has 1 aliphatic heterocycles. The highest BCUT2D eigenvalue weighted by molar-refractivity contribution is 6.09. The monoisotopic (exact) mass is 445 g/mol. The number of carbonyl (C=O) groups is 1. The molecule has 5 rings (SSSR count). The summed E-state index contributed by atoms with van der Waals surface area (Å²) in [6, 6.07) is 9.62. The van der Waals surface area contributed by atoms with Crippen LogP contribution in [0.15, 0.2) is 55.0 Å². The summed E-state index contributed by atoms with van der Waals surface area (Å²) in [5.41, 5.74) is 8.15. The molecule has 1 fully saturated rings. The number of pyridine rings is 1. The fraction of sp³-hybridized carbons (Fsp3) is 0.200. The molecular formula is C25H21F2N5O. The topological polar surface area (TPSA) is 93.8 Å². The number of anilines is 1. The predicted molar refractivity (Wildman–Crippen MR) is 122 cm³/mol. The molecule has 1 aliphatic rings. The predicted octanol–water partition coefficient (Wildman–Crippen LogP) is 3.94. The van der Waals surface area contributed by atoms with Crippen LogP contribution >= 0.6 is 0 Å². The Morgan fingerprint density at radius 3 is 2.70 bits per heavy atom.